The molecule has 2 rings (SSSR count). The molecule has 0 saturated carbocycles. The van der Waals surface area contributed by atoms with Gasteiger partial charge in [-0.1, -0.05) is 22.0 Å². The molecule has 7 heteroatoms. The van der Waals surface area contributed by atoms with E-state index in [1.54, 1.807) is 24.3 Å². The van der Waals surface area contributed by atoms with E-state index in [9.17, 15) is 14.5 Å². The number of nitrogens with zero attached hydrogens (tertiary/aromatic N) is 1. The molecule has 0 aliphatic rings. The van der Waals surface area contributed by atoms with Crippen molar-refractivity contribution >= 4 is 43.2 Å². The van der Waals surface area contributed by atoms with Crippen LogP contribution in [0.2, 0.25) is 0 Å². The third-order valence-electron chi connectivity index (χ3n) is 2.66. The number of nitrogens with one attached hydrogen (secondary N) is 1. The molecule has 20 heavy (non-hydrogen) atoms. The maximum absolute atomic E-state index is 13.6. The topological polar surface area (TPSA) is 55.2 Å². The molecule has 1 N–H and O–H groups in total. The van der Waals surface area contributed by atoms with Crippen LogP contribution in [0, 0.1) is 15.9 Å². The van der Waals surface area contributed by atoms with Crippen LogP contribution >= 0.6 is 31.9 Å². The minimum absolute atomic E-state index is 0.0145. The van der Waals surface area contributed by atoms with Gasteiger partial charge in [-0.15, -0.1) is 0 Å². The summed E-state index contributed by atoms with van der Waals surface area (Å²) in [4.78, 5) is 10.5. The minimum atomic E-state index is -0.460. The van der Waals surface area contributed by atoms with Gasteiger partial charge in [0.25, 0.3) is 5.69 Å². The average molecular weight is 404 g/mol. The maximum Gasteiger partial charge on any atom is 0.275 e. The number of nitro groups is 1. The molecule has 2 aromatic carbocycles. The third-order valence-corrected chi connectivity index (χ3v) is 3.82. The number of hydrogen-bond donors (Lipinski definition) is 1. The highest BCUT2D eigenvalue weighted by molar-refractivity contribution is 9.10. The Hall–Kier alpha value is -1.47. The molecule has 0 aliphatic carbocycles. The van der Waals surface area contributed by atoms with E-state index in [2.05, 4.69) is 37.2 Å². The van der Waals surface area contributed by atoms with Gasteiger partial charge in [0, 0.05) is 27.1 Å². The van der Waals surface area contributed by atoms with Crippen LogP contribution in [-0.4, -0.2) is 4.92 Å². The van der Waals surface area contributed by atoms with Crippen LogP contribution in [0.1, 0.15) is 5.56 Å². The lowest BCUT2D eigenvalue weighted by atomic mass is 10.1. The summed E-state index contributed by atoms with van der Waals surface area (Å²) in [5.74, 6) is -0.417. The summed E-state index contributed by atoms with van der Waals surface area (Å²) in [5.41, 5.74) is 0.748. The number of para-hydroxylation sites is 1. The van der Waals surface area contributed by atoms with Gasteiger partial charge in [-0.25, -0.2) is 4.39 Å². The Labute approximate surface area is 131 Å². The van der Waals surface area contributed by atoms with Crippen LogP contribution in [0.25, 0.3) is 0 Å². The summed E-state index contributed by atoms with van der Waals surface area (Å²) in [6.07, 6.45) is 0. The Morgan fingerprint density at radius 1 is 1.25 bits per heavy atom. The molecule has 2 aromatic rings. The lowest BCUT2D eigenvalue weighted by Gasteiger charge is -2.10. The SMILES string of the molecule is O=[N+]([O-])c1cc(Br)ccc1CNc1c(F)cccc1Br. The smallest absolute Gasteiger partial charge is 0.275 e. The molecule has 0 aliphatic heterocycles. The van der Waals surface area contributed by atoms with Crippen molar-refractivity contribution in [3.05, 3.63) is 66.8 Å². The van der Waals surface area contributed by atoms with E-state index in [4.69, 9.17) is 0 Å². The van der Waals surface area contributed by atoms with Crippen molar-refractivity contribution in [3.8, 4) is 0 Å². The zero-order valence-electron chi connectivity index (χ0n) is 10.1. The highest BCUT2D eigenvalue weighted by Crippen LogP contribution is 2.28. The van der Waals surface area contributed by atoms with Gasteiger partial charge in [0.2, 0.25) is 0 Å². The quantitative estimate of drug-likeness (QED) is 0.585. The predicted octanol–water partition coefficient (Wildman–Crippen LogP) is 4.87. The van der Waals surface area contributed by atoms with Crippen LogP contribution < -0.4 is 5.32 Å². The molecule has 0 bridgehead atoms. The number of benzene rings is 2. The highest BCUT2D eigenvalue weighted by Gasteiger charge is 2.15. The van der Waals surface area contributed by atoms with E-state index in [-0.39, 0.29) is 17.9 Å². The van der Waals surface area contributed by atoms with Gasteiger partial charge in [0.1, 0.15) is 5.82 Å². The van der Waals surface area contributed by atoms with Crippen molar-refractivity contribution in [1.82, 2.24) is 0 Å². The van der Waals surface area contributed by atoms with Crippen LogP contribution in [0.15, 0.2) is 45.3 Å². The van der Waals surface area contributed by atoms with Crippen molar-refractivity contribution in [2.24, 2.45) is 0 Å². The molecular formula is C13H9Br2FN2O2. The maximum atomic E-state index is 13.6. The van der Waals surface area contributed by atoms with Crippen LogP contribution in [-0.2, 0) is 6.54 Å². The number of anilines is 1. The Kier molecular flexibility index (Phi) is 4.72. The molecule has 0 saturated heterocycles. The number of nitro benzene ring substituents is 1. The van der Waals surface area contributed by atoms with Crippen molar-refractivity contribution in [2.45, 2.75) is 6.54 Å². The summed E-state index contributed by atoms with van der Waals surface area (Å²) in [7, 11) is 0. The fourth-order valence-corrected chi connectivity index (χ4v) is 2.54. The molecule has 0 fully saturated rings. The lowest BCUT2D eigenvalue weighted by Crippen LogP contribution is -2.05. The first-order valence-corrected chi connectivity index (χ1v) is 7.18. The highest BCUT2D eigenvalue weighted by atomic mass is 79.9. The number of rotatable bonds is 4. The molecule has 0 aromatic heterocycles. The second kappa shape index (κ2) is 6.32. The van der Waals surface area contributed by atoms with Gasteiger partial charge in [-0.05, 0) is 40.2 Å². The minimum Gasteiger partial charge on any atom is -0.377 e. The van der Waals surface area contributed by atoms with Gasteiger partial charge < -0.3 is 5.32 Å². The van der Waals surface area contributed by atoms with E-state index < -0.39 is 10.7 Å². The summed E-state index contributed by atoms with van der Waals surface area (Å²) in [6.45, 7) is 0.156. The first-order valence-electron chi connectivity index (χ1n) is 5.59. The standard InChI is InChI=1S/C13H9Br2FN2O2/c14-9-5-4-8(12(6-9)18(19)20)7-17-13-10(15)2-1-3-11(13)16/h1-6,17H,7H2. The van der Waals surface area contributed by atoms with Crippen molar-refractivity contribution in [2.75, 3.05) is 5.32 Å². The normalized spacial score (nSPS) is 10.3. The monoisotopic (exact) mass is 402 g/mol. The molecular weight excluding hydrogens is 395 g/mol. The molecule has 0 unspecified atom stereocenters. The zero-order chi connectivity index (χ0) is 14.7. The Bertz CT molecular complexity index is 645. The summed E-state index contributed by atoms with van der Waals surface area (Å²) in [6, 6.07) is 9.36. The fraction of sp³-hybridized carbons (Fsp3) is 0.0769. The van der Waals surface area contributed by atoms with Gasteiger partial charge in [-0.3, -0.25) is 10.1 Å². The van der Waals surface area contributed by atoms with Gasteiger partial charge in [0.15, 0.2) is 0 Å². The van der Waals surface area contributed by atoms with E-state index >= 15 is 0 Å². The van der Waals surface area contributed by atoms with E-state index in [1.165, 1.54) is 12.1 Å². The number of hydrogen-bond acceptors (Lipinski definition) is 3. The van der Waals surface area contributed by atoms with Crippen LogP contribution in [0.3, 0.4) is 0 Å². The van der Waals surface area contributed by atoms with Crippen molar-refractivity contribution in [1.29, 1.82) is 0 Å². The molecule has 0 radical (unpaired) electrons. The Balaban J connectivity index is 2.25. The number of halogens is 3. The zero-order valence-corrected chi connectivity index (χ0v) is 13.2. The molecule has 104 valence electrons. The molecule has 0 spiro atoms. The second-order valence-corrected chi connectivity index (χ2v) is 5.75. The molecule has 0 atom stereocenters. The second-order valence-electron chi connectivity index (χ2n) is 3.98. The van der Waals surface area contributed by atoms with Gasteiger partial charge >= 0.3 is 0 Å². The third kappa shape index (κ3) is 3.34. The first-order chi connectivity index (χ1) is 9.49. The van der Waals surface area contributed by atoms with Crippen molar-refractivity contribution < 1.29 is 9.31 Å². The lowest BCUT2D eigenvalue weighted by molar-refractivity contribution is -0.385. The summed E-state index contributed by atoms with van der Waals surface area (Å²) < 4.78 is 14.8. The van der Waals surface area contributed by atoms with E-state index in [1.807, 2.05) is 0 Å². The average Bonchev–Trinajstić information content (AvgIpc) is 2.39. The Morgan fingerprint density at radius 3 is 2.65 bits per heavy atom. The fourth-order valence-electron chi connectivity index (χ4n) is 1.71. The van der Waals surface area contributed by atoms with E-state index in [0.717, 1.165) is 0 Å². The largest absolute Gasteiger partial charge is 0.377 e. The van der Waals surface area contributed by atoms with Crippen LogP contribution in [0.4, 0.5) is 15.8 Å². The Morgan fingerprint density at radius 2 is 2.00 bits per heavy atom. The summed E-state index contributed by atoms with van der Waals surface area (Å²) >= 11 is 6.43. The van der Waals surface area contributed by atoms with Crippen LogP contribution in [0.5, 0.6) is 0 Å². The van der Waals surface area contributed by atoms with Crippen molar-refractivity contribution in [3.63, 3.8) is 0 Å². The van der Waals surface area contributed by atoms with E-state index in [0.29, 0.717) is 14.5 Å². The summed E-state index contributed by atoms with van der Waals surface area (Å²) in [5, 5.41) is 13.9. The van der Waals surface area contributed by atoms with Gasteiger partial charge in [0.05, 0.1) is 10.6 Å². The molecule has 0 amide bonds. The molecule has 4 nitrogen and oxygen atoms in total. The first kappa shape index (κ1) is 14.9. The molecule has 0 heterocycles. The van der Waals surface area contributed by atoms with Gasteiger partial charge in [-0.2, -0.15) is 0 Å². The predicted molar refractivity (Wildman–Crippen MR) is 82.2 cm³/mol.